The third-order valence-corrected chi connectivity index (χ3v) is 7.29. The molecule has 0 heterocycles. The molecule has 0 saturated heterocycles. The lowest BCUT2D eigenvalue weighted by Gasteiger charge is -2.15. The number of rotatable bonds is 22. The van der Waals surface area contributed by atoms with Gasteiger partial charge in [-0.05, 0) is 98.5 Å². The first-order chi connectivity index (χ1) is 23.7. The number of aliphatic hydroxyl groups is 2. The molecular formula is C40H50O9. The van der Waals surface area contributed by atoms with Crippen LogP contribution in [0.2, 0.25) is 0 Å². The molecule has 0 bridgehead atoms. The molecule has 9 nitrogen and oxygen atoms in total. The van der Waals surface area contributed by atoms with Gasteiger partial charge in [-0.1, -0.05) is 48.5 Å². The van der Waals surface area contributed by atoms with E-state index >= 15 is 0 Å². The molecule has 4 aromatic rings. The standard InChI is InChI=1S/C40H50O9/c1-29(41)25-46-31(3)27-48-39-17-9-35(10-18-39)33-5-13-37(14-6-33)44-23-21-43-22-24-45-38-15-7-34(8-16-38)36-11-19-40(20-12-36)49-28-32(4)47-26-30(2)42/h5-20,29-32,41-42H,21-28H2,1-4H3. The van der Waals surface area contributed by atoms with E-state index in [1.165, 1.54) is 0 Å². The van der Waals surface area contributed by atoms with Crippen molar-refractivity contribution in [1.29, 1.82) is 0 Å². The maximum atomic E-state index is 9.33. The Morgan fingerprint density at radius 2 is 0.673 bits per heavy atom. The van der Waals surface area contributed by atoms with E-state index in [4.69, 9.17) is 33.2 Å². The van der Waals surface area contributed by atoms with Gasteiger partial charge in [0, 0.05) is 0 Å². The molecule has 49 heavy (non-hydrogen) atoms. The Bertz CT molecular complexity index is 1340. The molecule has 4 rings (SSSR count). The summed E-state index contributed by atoms with van der Waals surface area (Å²) in [4.78, 5) is 0. The van der Waals surface area contributed by atoms with Gasteiger partial charge in [0.1, 0.15) is 49.4 Å². The molecule has 4 aromatic carbocycles. The van der Waals surface area contributed by atoms with Crippen molar-refractivity contribution in [2.45, 2.75) is 52.1 Å². The van der Waals surface area contributed by atoms with Gasteiger partial charge in [0.2, 0.25) is 0 Å². The van der Waals surface area contributed by atoms with E-state index in [-0.39, 0.29) is 12.2 Å². The molecule has 0 saturated carbocycles. The second-order valence-electron chi connectivity index (χ2n) is 12.0. The SMILES string of the molecule is CC(O)COC(C)COc1ccc(-c2ccc(OCCOCCOc3ccc(-c4ccc(OCC(C)OCC(C)O)cc4)cc3)cc2)cc1. The predicted molar refractivity (Wildman–Crippen MR) is 191 cm³/mol. The molecule has 0 amide bonds. The predicted octanol–water partition coefficient (Wildman–Crippen LogP) is 6.82. The smallest absolute Gasteiger partial charge is 0.119 e. The average Bonchev–Trinajstić information content (AvgIpc) is 3.12. The molecular weight excluding hydrogens is 624 g/mol. The zero-order valence-electron chi connectivity index (χ0n) is 29.0. The number of hydrogen-bond donors (Lipinski definition) is 2. The van der Waals surface area contributed by atoms with Crippen LogP contribution < -0.4 is 18.9 Å². The van der Waals surface area contributed by atoms with Crippen molar-refractivity contribution in [3.8, 4) is 45.3 Å². The minimum Gasteiger partial charge on any atom is -0.491 e. The topological polar surface area (TPSA) is 105 Å². The van der Waals surface area contributed by atoms with Crippen molar-refractivity contribution < 1.29 is 43.4 Å². The van der Waals surface area contributed by atoms with Gasteiger partial charge in [0.15, 0.2) is 0 Å². The number of hydrogen-bond acceptors (Lipinski definition) is 9. The van der Waals surface area contributed by atoms with Crippen LogP contribution in [-0.2, 0) is 14.2 Å². The zero-order chi connectivity index (χ0) is 34.8. The fourth-order valence-corrected chi connectivity index (χ4v) is 4.64. The molecule has 0 spiro atoms. The quantitative estimate of drug-likeness (QED) is 0.0869. The van der Waals surface area contributed by atoms with Crippen LogP contribution in [0, 0.1) is 0 Å². The highest BCUT2D eigenvalue weighted by Crippen LogP contribution is 2.26. The Labute approximate surface area is 290 Å². The Balaban J connectivity index is 1.07. The molecule has 0 aliphatic heterocycles. The van der Waals surface area contributed by atoms with Crippen LogP contribution in [0.1, 0.15) is 27.7 Å². The fourth-order valence-electron chi connectivity index (χ4n) is 4.64. The second kappa shape index (κ2) is 20.4. The van der Waals surface area contributed by atoms with Gasteiger partial charge in [-0.25, -0.2) is 0 Å². The van der Waals surface area contributed by atoms with Crippen LogP contribution in [0.25, 0.3) is 22.3 Å². The van der Waals surface area contributed by atoms with Gasteiger partial charge < -0.3 is 43.4 Å². The minimum atomic E-state index is -0.488. The van der Waals surface area contributed by atoms with E-state index < -0.39 is 12.2 Å². The molecule has 0 aromatic heterocycles. The average molecular weight is 675 g/mol. The fraction of sp³-hybridized carbons (Fsp3) is 0.400. The summed E-state index contributed by atoms with van der Waals surface area (Å²) in [6, 6.07) is 31.8. The van der Waals surface area contributed by atoms with Crippen LogP contribution in [0.5, 0.6) is 23.0 Å². The first-order valence-electron chi connectivity index (χ1n) is 16.8. The van der Waals surface area contributed by atoms with E-state index in [0.717, 1.165) is 45.3 Å². The Kier molecular flexibility index (Phi) is 15.7. The number of benzene rings is 4. The first kappa shape index (κ1) is 37.7. The maximum absolute atomic E-state index is 9.33. The van der Waals surface area contributed by atoms with Crippen LogP contribution >= 0.6 is 0 Å². The molecule has 9 heteroatoms. The molecule has 0 aliphatic rings. The Hall–Kier alpha value is -4.12. The van der Waals surface area contributed by atoms with Crippen LogP contribution in [0.15, 0.2) is 97.1 Å². The third-order valence-electron chi connectivity index (χ3n) is 7.29. The minimum absolute atomic E-state index is 0.104. The van der Waals surface area contributed by atoms with E-state index in [0.29, 0.717) is 52.9 Å². The normalized spacial score (nSPS) is 13.7. The van der Waals surface area contributed by atoms with Crippen molar-refractivity contribution in [1.82, 2.24) is 0 Å². The molecule has 0 fully saturated rings. The first-order valence-corrected chi connectivity index (χ1v) is 16.8. The van der Waals surface area contributed by atoms with E-state index in [1.807, 2.05) is 111 Å². The lowest BCUT2D eigenvalue weighted by atomic mass is 10.1. The highest BCUT2D eigenvalue weighted by molar-refractivity contribution is 5.65. The van der Waals surface area contributed by atoms with Crippen molar-refractivity contribution in [2.75, 3.05) is 52.9 Å². The highest BCUT2D eigenvalue weighted by Gasteiger charge is 2.08. The van der Waals surface area contributed by atoms with Gasteiger partial charge in [-0.2, -0.15) is 0 Å². The van der Waals surface area contributed by atoms with E-state index in [1.54, 1.807) is 13.8 Å². The second-order valence-corrected chi connectivity index (χ2v) is 12.0. The Morgan fingerprint density at radius 1 is 0.388 bits per heavy atom. The highest BCUT2D eigenvalue weighted by atomic mass is 16.6. The van der Waals surface area contributed by atoms with Gasteiger partial charge in [0.25, 0.3) is 0 Å². The molecule has 0 radical (unpaired) electrons. The van der Waals surface area contributed by atoms with Crippen LogP contribution in [-0.4, -0.2) is 87.5 Å². The third kappa shape index (κ3) is 14.1. The van der Waals surface area contributed by atoms with Gasteiger partial charge in [-0.15, -0.1) is 0 Å². The van der Waals surface area contributed by atoms with Crippen molar-refractivity contribution in [2.24, 2.45) is 0 Å². The van der Waals surface area contributed by atoms with Gasteiger partial charge in [0.05, 0.1) is 50.8 Å². The monoisotopic (exact) mass is 674 g/mol. The van der Waals surface area contributed by atoms with E-state index in [9.17, 15) is 10.2 Å². The summed E-state index contributed by atoms with van der Waals surface area (Å²) in [6.07, 6.45) is -1.19. The van der Waals surface area contributed by atoms with Crippen molar-refractivity contribution in [3.63, 3.8) is 0 Å². The summed E-state index contributed by atoms with van der Waals surface area (Å²) in [5, 5.41) is 18.7. The number of ether oxygens (including phenoxy) is 7. The largest absolute Gasteiger partial charge is 0.491 e. The summed E-state index contributed by atoms with van der Waals surface area (Å²) < 4.78 is 40.0. The summed E-state index contributed by atoms with van der Waals surface area (Å²) in [5.41, 5.74) is 4.33. The summed E-state index contributed by atoms with van der Waals surface area (Å²) in [5.74, 6) is 3.11. The van der Waals surface area contributed by atoms with Crippen LogP contribution in [0.3, 0.4) is 0 Å². The van der Waals surface area contributed by atoms with Crippen molar-refractivity contribution >= 4 is 0 Å². The molecule has 0 aliphatic carbocycles. The molecule has 4 atom stereocenters. The van der Waals surface area contributed by atoms with Gasteiger partial charge >= 0.3 is 0 Å². The zero-order valence-corrected chi connectivity index (χ0v) is 29.0. The number of aliphatic hydroxyl groups excluding tert-OH is 2. The van der Waals surface area contributed by atoms with Gasteiger partial charge in [-0.3, -0.25) is 0 Å². The summed E-state index contributed by atoms with van der Waals surface area (Å²) in [6.45, 7) is 10.5. The summed E-state index contributed by atoms with van der Waals surface area (Å²) in [7, 11) is 0. The van der Waals surface area contributed by atoms with Crippen LogP contribution in [0.4, 0.5) is 0 Å². The van der Waals surface area contributed by atoms with E-state index in [2.05, 4.69) is 0 Å². The molecule has 2 N–H and O–H groups in total. The molecule has 264 valence electrons. The molecule has 4 unspecified atom stereocenters. The maximum Gasteiger partial charge on any atom is 0.119 e. The lowest BCUT2D eigenvalue weighted by molar-refractivity contribution is -0.0132. The summed E-state index contributed by atoms with van der Waals surface area (Å²) >= 11 is 0. The van der Waals surface area contributed by atoms with Crippen molar-refractivity contribution in [3.05, 3.63) is 97.1 Å². The Morgan fingerprint density at radius 3 is 0.959 bits per heavy atom. The lowest BCUT2D eigenvalue weighted by Crippen LogP contribution is -2.22.